The van der Waals surface area contributed by atoms with Gasteiger partial charge in [-0.1, -0.05) is 0 Å². The number of nitrogens with zero attached hydrogens (tertiary/aromatic N) is 1. The van der Waals surface area contributed by atoms with Crippen molar-refractivity contribution in [3.05, 3.63) is 35.1 Å². The Kier molecular flexibility index (Phi) is 2.46. The van der Waals surface area contributed by atoms with Crippen molar-refractivity contribution in [2.24, 2.45) is 5.73 Å². The quantitative estimate of drug-likeness (QED) is 0.778. The van der Waals surface area contributed by atoms with E-state index in [4.69, 9.17) is 5.73 Å². The van der Waals surface area contributed by atoms with Gasteiger partial charge in [0.05, 0.1) is 0 Å². The molecule has 1 saturated heterocycles. The normalized spacial score (nSPS) is 18.1. The van der Waals surface area contributed by atoms with Crippen LogP contribution in [-0.2, 0) is 0 Å². The van der Waals surface area contributed by atoms with E-state index in [1.807, 2.05) is 6.92 Å². The lowest BCUT2D eigenvalue weighted by molar-refractivity contribution is 0.0453. The number of benzene rings is 1. The molecule has 0 bridgehead atoms. The number of hydrogen-bond acceptors (Lipinski definition) is 2. The summed E-state index contributed by atoms with van der Waals surface area (Å²) in [6, 6.07) is 4.36. The fourth-order valence-electron chi connectivity index (χ4n) is 2.01. The number of aryl methyl sites for hydroxylation is 1. The molecule has 1 aromatic rings. The first-order valence-corrected chi connectivity index (χ1v) is 5.23. The highest BCUT2D eigenvalue weighted by molar-refractivity contribution is 5.95. The zero-order valence-corrected chi connectivity index (χ0v) is 9.46. The summed E-state index contributed by atoms with van der Waals surface area (Å²) in [5.74, 6) is -0.523. The van der Waals surface area contributed by atoms with Gasteiger partial charge in [0.1, 0.15) is 5.82 Å². The van der Waals surface area contributed by atoms with E-state index in [2.05, 4.69) is 0 Å². The smallest absolute Gasteiger partial charge is 0.254 e. The van der Waals surface area contributed by atoms with Gasteiger partial charge < -0.3 is 10.6 Å². The molecular formula is C12H15FN2O. The number of rotatable bonds is 1. The highest BCUT2D eigenvalue weighted by Gasteiger charge is 2.38. The second-order valence-corrected chi connectivity index (χ2v) is 4.83. The first-order chi connectivity index (χ1) is 7.37. The molecule has 1 fully saturated rings. The van der Waals surface area contributed by atoms with Crippen LogP contribution < -0.4 is 5.73 Å². The molecule has 0 aromatic heterocycles. The molecule has 1 aliphatic heterocycles. The number of carbonyl (C=O) groups excluding carboxylic acids is 1. The van der Waals surface area contributed by atoms with Crippen LogP contribution in [0.4, 0.5) is 4.39 Å². The molecule has 1 aliphatic rings. The molecule has 16 heavy (non-hydrogen) atoms. The van der Waals surface area contributed by atoms with Gasteiger partial charge in [0.2, 0.25) is 0 Å². The van der Waals surface area contributed by atoms with E-state index in [0.717, 1.165) is 5.56 Å². The Labute approximate surface area is 94.0 Å². The molecule has 0 saturated carbocycles. The van der Waals surface area contributed by atoms with Crippen LogP contribution >= 0.6 is 0 Å². The van der Waals surface area contributed by atoms with Crippen molar-refractivity contribution in [2.75, 3.05) is 13.1 Å². The number of likely N-dealkylation sites (tertiary alicyclic amines) is 1. The second-order valence-electron chi connectivity index (χ2n) is 4.83. The number of nitrogens with two attached hydrogens (primary N) is 1. The molecule has 86 valence electrons. The molecule has 0 aliphatic carbocycles. The lowest BCUT2D eigenvalue weighted by Crippen LogP contribution is -2.66. The predicted octanol–water partition coefficient (Wildman–Crippen LogP) is 1.31. The van der Waals surface area contributed by atoms with Crippen LogP contribution in [0, 0.1) is 12.7 Å². The van der Waals surface area contributed by atoms with E-state index in [1.165, 1.54) is 12.1 Å². The predicted molar refractivity (Wildman–Crippen MR) is 59.6 cm³/mol. The SMILES string of the molecule is Cc1cc(F)cc(C(=O)N2CC(C)(N)C2)c1. The van der Waals surface area contributed by atoms with Gasteiger partial charge in [-0.2, -0.15) is 0 Å². The Morgan fingerprint density at radius 1 is 1.44 bits per heavy atom. The van der Waals surface area contributed by atoms with Gasteiger partial charge in [0.25, 0.3) is 5.91 Å². The molecule has 2 N–H and O–H groups in total. The van der Waals surface area contributed by atoms with E-state index >= 15 is 0 Å². The van der Waals surface area contributed by atoms with Crippen molar-refractivity contribution in [2.45, 2.75) is 19.4 Å². The van der Waals surface area contributed by atoms with E-state index in [1.54, 1.807) is 17.9 Å². The van der Waals surface area contributed by atoms with Crippen molar-refractivity contribution >= 4 is 5.91 Å². The van der Waals surface area contributed by atoms with Gasteiger partial charge >= 0.3 is 0 Å². The summed E-state index contributed by atoms with van der Waals surface area (Å²) < 4.78 is 13.1. The van der Waals surface area contributed by atoms with Gasteiger partial charge in [0.15, 0.2) is 0 Å². The van der Waals surface area contributed by atoms with Gasteiger partial charge in [-0.3, -0.25) is 4.79 Å². The Hall–Kier alpha value is -1.42. The van der Waals surface area contributed by atoms with Crippen molar-refractivity contribution in [3.8, 4) is 0 Å². The van der Waals surface area contributed by atoms with Crippen LogP contribution in [0.25, 0.3) is 0 Å². The molecule has 3 nitrogen and oxygen atoms in total. The van der Waals surface area contributed by atoms with Crippen LogP contribution in [0.3, 0.4) is 0 Å². The van der Waals surface area contributed by atoms with Gasteiger partial charge in [-0.25, -0.2) is 4.39 Å². The fraction of sp³-hybridized carbons (Fsp3) is 0.417. The Balaban J connectivity index is 2.16. The van der Waals surface area contributed by atoms with E-state index < -0.39 is 0 Å². The summed E-state index contributed by atoms with van der Waals surface area (Å²) in [7, 11) is 0. The first-order valence-electron chi connectivity index (χ1n) is 5.23. The third-order valence-electron chi connectivity index (χ3n) is 2.68. The molecule has 1 heterocycles. The minimum atomic E-state index is -0.376. The zero-order valence-electron chi connectivity index (χ0n) is 9.46. The summed E-state index contributed by atoms with van der Waals surface area (Å²) >= 11 is 0. The van der Waals surface area contributed by atoms with Crippen molar-refractivity contribution in [3.63, 3.8) is 0 Å². The highest BCUT2D eigenvalue weighted by atomic mass is 19.1. The number of hydrogen-bond donors (Lipinski definition) is 1. The highest BCUT2D eigenvalue weighted by Crippen LogP contribution is 2.20. The summed E-state index contributed by atoms with van der Waals surface area (Å²) in [6.45, 7) is 4.72. The molecule has 0 radical (unpaired) electrons. The Bertz CT molecular complexity index is 414. The lowest BCUT2D eigenvalue weighted by atomic mass is 9.93. The number of amides is 1. The second kappa shape index (κ2) is 3.56. The molecule has 1 aromatic carbocycles. The molecule has 0 unspecified atom stereocenters. The van der Waals surface area contributed by atoms with Crippen LogP contribution in [0.1, 0.15) is 22.8 Å². The molecular weight excluding hydrogens is 207 g/mol. The molecule has 2 rings (SSSR count). The van der Waals surface area contributed by atoms with Crippen LogP contribution in [0.5, 0.6) is 0 Å². The number of carbonyl (C=O) groups is 1. The van der Waals surface area contributed by atoms with Gasteiger partial charge in [-0.05, 0) is 37.6 Å². The standard InChI is InChI=1S/C12H15FN2O/c1-8-3-9(5-10(13)4-8)11(16)15-6-12(2,14)7-15/h3-5H,6-7,14H2,1-2H3. The van der Waals surface area contributed by atoms with Crippen LogP contribution in [0.2, 0.25) is 0 Å². The third-order valence-corrected chi connectivity index (χ3v) is 2.68. The first kappa shape index (κ1) is 11.1. The molecule has 4 heteroatoms. The minimum Gasteiger partial charge on any atom is -0.335 e. The van der Waals surface area contributed by atoms with Gasteiger partial charge in [-0.15, -0.1) is 0 Å². The van der Waals surface area contributed by atoms with E-state index in [9.17, 15) is 9.18 Å². The third kappa shape index (κ3) is 2.07. The topological polar surface area (TPSA) is 46.3 Å². The fourth-order valence-corrected chi connectivity index (χ4v) is 2.01. The maximum atomic E-state index is 13.1. The minimum absolute atomic E-state index is 0.148. The maximum Gasteiger partial charge on any atom is 0.254 e. The van der Waals surface area contributed by atoms with Crippen molar-refractivity contribution in [1.82, 2.24) is 4.90 Å². The van der Waals surface area contributed by atoms with Gasteiger partial charge in [0, 0.05) is 24.2 Å². The molecule has 0 atom stereocenters. The van der Waals surface area contributed by atoms with E-state index in [0.29, 0.717) is 18.7 Å². The average Bonchev–Trinajstić information content (AvgIpc) is 2.11. The number of halogens is 1. The average molecular weight is 222 g/mol. The molecule has 1 amide bonds. The maximum absolute atomic E-state index is 13.1. The monoisotopic (exact) mass is 222 g/mol. The summed E-state index contributed by atoms with van der Waals surface area (Å²) in [5, 5.41) is 0. The summed E-state index contributed by atoms with van der Waals surface area (Å²) in [4.78, 5) is 13.6. The van der Waals surface area contributed by atoms with Crippen LogP contribution in [0.15, 0.2) is 18.2 Å². The van der Waals surface area contributed by atoms with Crippen LogP contribution in [-0.4, -0.2) is 29.4 Å². The molecule has 0 spiro atoms. The van der Waals surface area contributed by atoms with Crippen molar-refractivity contribution in [1.29, 1.82) is 0 Å². The largest absolute Gasteiger partial charge is 0.335 e. The summed E-state index contributed by atoms with van der Waals surface area (Å²) in [6.07, 6.45) is 0. The van der Waals surface area contributed by atoms with E-state index in [-0.39, 0.29) is 17.3 Å². The zero-order chi connectivity index (χ0) is 11.9. The van der Waals surface area contributed by atoms with Crippen molar-refractivity contribution < 1.29 is 9.18 Å². The Morgan fingerprint density at radius 2 is 2.06 bits per heavy atom. The summed E-state index contributed by atoms with van der Waals surface area (Å²) in [5.41, 5.74) is 6.67. The Morgan fingerprint density at radius 3 is 2.56 bits per heavy atom. The lowest BCUT2D eigenvalue weighted by Gasteiger charge is -2.45.